The second kappa shape index (κ2) is 4.05. The standard InChI is InChI=1S/C11H18N2O3/c1-8(2)10(15)13-4-3-9(14)12-5-11(13)6-16-7-11/h8H,3-7H2,1-2H3,(H,12,14). The van der Waals surface area contributed by atoms with Crippen molar-refractivity contribution in [3.05, 3.63) is 0 Å². The van der Waals surface area contributed by atoms with Crippen molar-refractivity contribution < 1.29 is 14.3 Å². The predicted octanol–water partition coefficient (Wildman–Crippen LogP) is -0.240. The molecule has 2 fully saturated rings. The first-order valence-electron chi connectivity index (χ1n) is 5.71. The fourth-order valence-electron chi connectivity index (χ4n) is 2.15. The predicted molar refractivity (Wildman–Crippen MR) is 57.7 cm³/mol. The average Bonchev–Trinajstić information content (AvgIpc) is 2.35. The van der Waals surface area contributed by atoms with Crippen LogP contribution in [0.25, 0.3) is 0 Å². The summed E-state index contributed by atoms with van der Waals surface area (Å²) in [6.07, 6.45) is 0.389. The molecule has 0 atom stereocenters. The van der Waals surface area contributed by atoms with E-state index in [0.717, 1.165) is 0 Å². The maximum atomic E-state index is 12.1. The highest BCUT2D eigenvalue weighted by atomic mass is 16.5. The van der Waals surface area contributed by atoms with Gasteiger partial charge >= 0.3 is 0 Å². The van der Waals surface area contributed by atoms with Crippen molar-refractivity contribution in [1.82, 2.24) is 10.2 Å². The zero-order valence-electron chi connectivity index (χ0n) is 9.78. The number of amides is 2. The molecule has 2 aliphatic heterocycles. The van der Waals surface area contributed by atoms with Crippen molar-refractivity contribution in [2.45, 2.75) is 25.8 Å². The first-order chi connectivity index (χ1) is 7.55. The molecule has 1 N–H and O–H groups in total. The van der Waals surface area contributed by atoms with Crippen LogP contribution in [0.3, 0.4) is 0 Å². The Bertz CT molecular complexity index is 310. The quantitative estimate of drug-likeness (QED) is 0.671. The summed E-state index contributed by atoms with van der Waals surface area (Å²) in [4.78, 5) is 25.3. The molecule has 2 heterocycles. The van der Waals surface area contributed by atoms with Crippen LogP contribution in [0.2, 0.25) is 0 Å². The molecule has 90 valence electrons. The lowest BCUT2D eigenvalue weighted by Crippen LogP contribution is -2.67. The Morgan fingerprint density at radius 3 is 2.69 bits per heavy atom. The Kier molecular flexibility index (Phi) is 2.88. The number of ether oxygens (including phenoxy) is 1. The summed E-state index contributed by atoms with van der Waals surface area (Å²) >= 11 is 0. The molecule has 5 nitrogen and oxygen atoms in total. The minimum absolute atomic E-state index is 0.0188. The van der Waals surface area contributed by atoms with Crippen LogP contribution in [0.15, 0.2) is 0 Å². The van der Waals surface area contributed by atoms with Crippen LogP contribution < -0.4 is 5.32 Å². The van der Waals surface area contributed by atoms with Crippen LogP contribution >= 0.6 is 0 Å². The van der Waals surface area contributed by atoms with Crippen molar-refractivity contribution in [3.63, 3.8) is 0 Å². The average molecular weight is 226 g/mol. The number of carbonyl (C=O) groups is 2. The highest BCUT2D eigenvalue weighted by Crippen LogP contribution is 2.28. The summed E-state index contributed by atoms with van der Waals surface area (Å²) < 4.78 is 5.22. The number of nitrogens with zero attached hydrogens (tertiary/aromatic N) is 1. The smallest absolute Gasteiger partial charge is 0.225 e. The minimum Gasteiger partial charge on any atom is -0.376 e. The van der Waals surface area contributed by atoms with Crippen molar-refractivity contribution in [1.29, 1.82) is 0 Å². The number of hydrogen-bond donors (Lipinski definition) is 1. The van der Waals surface area contributed by atoms with E-state index in [1.807, 2.05) is 18.7 Å². The molecule has 0 radical (unpaired) electrons. The van der Waals surface area contributed by atoms with Gasteiger partial charge in [-0.1, -0.05) is 13.8 Å². The summed E-state index contributed by atoms with van der Waals surface area (Å²) in [5, 5.41) is 2.85. The van der Waals surface area contributed by atoms with E-state index in [1.54, 1.807) is 0 Å². The van der Waals surface area contributed by atoms with E-state index < -0.39 is 0 Å². The lowest BCUT2D eigenvalue weighted by molar-refractivity contribution is -0.167. The molecule has 0 aliphatic carbocycles. The second-order valence-corrected chi connectivity index (χ2v) is 4.89. The number of nitrogens with one attached hydrogen (secondary N) is 1. The van der Waals surface area contributed by atoms with Crippen molar-refractivity contribution in [2.24, 2.45) is 5.92 Å². The summed E-state index contributed by atoms with van der Waals surface area (Å²) in [7, 11) is 0. The van der Waals surface area contributed by atoms with Crippen LogP contribution in [-0.4, -0.2) is 48.6 Å². The molecular weight excluding hydrogens is 208 g/mol. The zero-order valence-corrected chi connectivity index (χ0v) is 9.78. The molecule has 0 saturated carbocycles. The third-order valence-electron chi connectivity index (χ3n) is 3.25. The largest absolute Gasteiger partial charge is 0.376 e. The van der Waals surface area contributed by atoms with Gasteiger partial charge in [-0.05, 0) is 0 Å². The molecule has 16 heavy (non-hydrogen) atoms. The van der Waals surface area contributed by atoms with Gasteiger partial charge in [0, 0.05) is 25.4 Å². The first kappa shape index (κ1) is 11.4. The molecule has 2 aliphatic rings. The Hall–Kier alpha value is -1.10. The molecule has 0 bridgehead atoms. The molecule has 0 aromatic heterocycles. The van der Waals surface area contributed by atoms with Crippen molar-refractivity contribution in [2.75, 3.05) is 26.3 Å². The molecule has 2 saturated heterocycles. The zero-order chi connectivity index (χ0) is 11.8. The van der Waals surface area contributed by atoms with E-state index in [-0.39, 0.29) is 23.3 Å². The summed E-state index contributed by atoms with van der Waals surface area (Å²) in [5.74, 6) is 0.0933. The van der Waals surface area contributed by atoms with Crippen LogP contribution in [0.5, 0.6) is 0 Å². The maximum absolute atomic E-state index is 12.1. The Morgan fingerprint density at radius 2 is 2.19 bits per heavy atom. The molecule has 0 unspecified atom stereocenters. The molecule has 2 rings (SSSR count). The van der Waals surface area contributed by atoms with E-state index >= 15 is 0 Å². The van der Waals surface area contributed by atoms with Gasteiger partial charge in [-0.3, -0.25) is 9.59 Å². The second-order valence-electron chi connectivity index (χ2n) is 4.89. The SMILES string of the molecule is CC(C)C(=O)N1CCC(=O)NCC12COC2. The third kappa shape index (κ3) is 1.80. The Balaban J connectivity index is 2.18. The number of hydrogen-bond acceptors (Lipinski definition) is 3. The maximum Gasteiger partial charge on any atom is 0.225 e. The van der Waals surface area contributed by atoms with Crippen molar-refractivity contribution >= 4 is 11.8 Å². The molecule has 1 spiro atoms. The fraction of sp³-hybridized carbons (Fsp3) is 0.818. The normalized spacial score (nSPS) is 23.9. The Morgan fingerprint density at radius 1 is 1.50 bits per heavy atom. The lowest BCUT2D eigenvalue weighted by atomic mass is 9.93. The Labute approximate surface area is 95.1 Å². The van der Waals surface area contributed by atoms with Crippen LogP contribution in [0.1, 0.15) is 20.3 Å². The topological polar surface area (TPSA) is 58.6 Å². The summed E-state index contributed by atoms with van der Waals surface area (Å²) in [6.45, 7) is 5.86. The van der Waals surface area contributed by atoms with E-state index in [9.17, 15) is 9.59 Å². The highest BCUT2D eigenvalue weighted by Gasteiger charge is 2.48. The van der Waals surface area contributed by atoms with Gasteiger partial charge in [-0.2, -0.15) is 0 Å². The van der Waals surface area contributed by atoms with Gasteiger partial charge in [0.25, 0.3) is 0 Å². The third-order valence-corrected chi connectivity index (χ3v) is 3.25. The van der Waals surface area contributed by atoms with Gasteiger partial charge in [0.1, 0.15) is 5.54 Å². The van der Waals surface area contributed by atoms with E-state index in [1.165, 1.54) is 0 Å². The molecule has 0 aromatic carbocycles. The van der Waals surface area contributed by atoms with Gasteiger partial charge in [0.2, 0.25) is 11.8 Å². The van der Waals surface area contributed by atoms with Crippen LogP contribution in [-0.2, 0) is 14.3 Å². The number of rotatable bonds is 1. The number of carbonyl (C=O) groups excluding carboxylic acids is 2. The van der Waals surface area contributed by atoms with Gasteiger partial charge in [-0.25, -0.2) is 0 Å². The van der Waals surface area contributed by atoms with E-state index in [0.29, 0.717) is 32.7 Å². The molecule has 5 heteroatoms. The first-order valence-corrected chi connectivity index (χ1v) is 5.71. The van der Waals surface area contributed by atoms with Gasteiger partial charge in [-0.15, -0.1) is 0 Å². The van der Waals surface area contributed by atoms with Gasteiger partial charge < -0.3 is 15.0 Å². The highest BCUT2D eigenvalue weighted by molar-refractivity contribution is 5.82. The van der Waals surface area contributed by atoms with Crippen molar-refractivity contribution in [3.8, 4) is 0 Å². The summed E-state index contributed by atoms with van der Waals surface area (Å²) in [6, 6.07) is 0. The van der Waals surface area contributed by atoms with E-state index in [2.05, 4.69) is 5.32 Å². The van der Waals surface area contributed by atoms with Gasteiger partial charge in [0.15, 0.2) is 0 Å². The van der Waals surface area contributed by atoms with Crippen LogP contribution in [0.4, 0.5) is 0 Å². The van der Waals surface area contributed by atoms with E-state index in [4.69, 9.17) is 4.74 Å². The molecular formula is C11H18N2O3. The monoisotopic (exact) mass is 226 g/mol. The minimum atomic E-state index is -0.284. The summed E-state index contributed by atoms with van der Waals surface area (Å²) in [5.41, 5.74) is -0.284. The van der Waals surface area contributed by atoms with Crippen LogP contribution in [0, 0.1) is 5.92 Å². The molecule has 0 aromatic rings. The molecule has 2 amide bonds. The lowest BCUT2D eigenvalue weighted by Gasteiger charge is -2.48. The van der Waals surface area contributed by atoms with Gasteiger partial charge in [0.05, 0.1) is 13.2 Å². The fourth-order valence-corrected chi connectivity index (χ4v) is 2.15.